The average Bonchev–Trinajstić information content (AvgIpc) is 3.04. The Kier molecular flexibility index (Phi) is 5.70. The maximum absolute atomic E-state index is 15.0. The molecule has 1 aromatic rings. The highest BCUT2D eigenvalue weighted by Gasteiger charge is 2.53. The summed E-state index contributed by atoms with van der Waals surface area (Å²) in [7, 11) is -1.26. The second-order valence-electron chi connectivity index (χ2n) is 6.81. The van der Waals surface area contributed by atoms with Crippen LogP contribution in [0.2, 0.25) is 0 Å². The lowest BCUT2D eigenvalue weighted by Crippen LogP contribution is -2.41. The molecular weight excluding hydrogens is 343 g/mol. The van der Waals surface area contributed by atoms with Gasteiger partial charge in [-0.05, 0) is 39.8 Å². The Morgan fingerprint density at radius 3 is 2.24 bits per heavy atom. The fourth-order valence-electron chi connectivity index (χ4n) is 2.26. The highest BCUT2D eigenvalue weighted by Crippen LogP contribution is 2.40. The topological polar surface area (TPSA) is 40.8 Å². The first-order valence-corrected chi connectivity index (χ1v) is 7.85. The van der Waals surface area contributed by atoms with Crippen molar-refractivity contribution in [3.63, 3.8) is 0 Å². The number of alkyl halides is 3. The van der Waals surface area contributed by atoms with Crippen LogP contribution in [0.5, 0.6) is 0 Å². The third-order valence-electron chi connectivity index (χ3n) is 4.33. The Morgan fingerprint density at radius 2 is 1.76 bits per heavy atom. The van der Waals surface area contributed by atoms with E-state index in [1.807, 2.05) is 0 Å². The van der Waals surface area contributed by atoms with E-state index in [0.717, 1.165) is 0 Å². The van der Waals surface area contributed by atoms with Gasteiger partial charge in [0.1, 0.15) is 18.1 Å². The molecule has 0 N–H and O–H groups in total. The van der Waals surface area contributed by atoms with Gasteiger partial charge in [-0.3, -0.25) is 0 Å². The quantitative estimate of drug-likeness (QED) is 0.422. The van der Waals surface area contributed by atoms with Gasteiger partial charge in [0.05, 0.1) is 24.1 Å². The van der Waals surface area contributed by atoms with Crippen LogP contribution in [0, 0.1) is 0 Å². The van der Waals surface area contributed by atoms with Crippen molar-refractivity contribution in [1.82, 2.24) is 0 Å². The van der Waals surface area contributed by atoms with Gasteiger partial charge in [0.15, 0.2) is 0 Å². The van der Waals surface area contributed by atoms with Crippen LogP contribution in [0.25, 0.3) is 5.57 Å². The van der Waals surface area contributed by atoms with Crippen molar-refractivity contribution in [2.24, 2.45) is 0 Å². The van der Waals surface area contributed by atoms with Gasteiger partial charge in [0, 0.05) is 12.0 Å². The third kappa shape index (κ3) is 4.86. The molecule has 0 bridgehead atoms. The molecule has 0 atom stereocenters. The van der Waals surface area contributed by atoms with Crippen LogP contribution >= 0.6 is 0 Å². The molecule has 25 heavy (non-hydrogen) atoms. The molecule has 1 saturated heterocycles. The van der Waals surface area contributed by atoms with Crippen molar-refractivity contribution in [3.8, 4) is 0 Å². The summed E-state index contributed by atoms with van der Waals surface area (Å²) in [6.07, 6.45) is -3.19. The number of furan rings is 1. The number of hydrogen-bond donors (Lipinski definition) is 0. The van der Waals surface area contributed by atoms with Gasteiger partial charge < -0.3 is 18.5 Å². The van der Waals surface area contributed by atoms with Crippen LogP contribution < -0.4 is 0 Å². The summed E-state index contributed by atoms with van der Waals surface area (Å²) in [5.74, 6) is 0.197. The van der Waals surface area contributed by atoms with E-state index in [1.54, 1.807) is 33.8 Å². The molecule has 4 nitrogen and oxygen atoms in total. The predicted molar refractivity (Wildman–Crippen MR) is 84.3 cm³/mol. The van der Waals surface area contributed by atoms with Gasteiger partial charge in [-0.2, -0.15) is 13.2 Å². The van der Waals surface area contributed by atoms with Crippen LogP contribution in [0.15, 0.2) is 28.5 Å². The van der Waals surface area contributed by atoms with E-state index in [4.69, 9.17) is 13.7 Å². The average molecular weight is 364 g/mol. The molecule has 140 valence electrons. The lowest BCUT2D eigenvalue weighted by Gasteiger charge is -2.32. The summed E-state index contributed by atoms with van der Waals surface area (Å²) in [5.41, 5.74) is -2.15. The summed E-state index contributed by atoms with van der Waals surface area (Å²) in [6.45, 7) is 5.40. The molecule has 0 spiro atoms. The SMILES string of the molecule is CC1(C)OB(C(F)=C(CCOCC(F)(F)F)c2ccco2)OC1(C)C. The highest BCUT2D eigenvalue weighted by molar-refractivity contribution is 6.55. The van der Waals surface area contributed by atoms with E-state index < -0.39 is 36.8 Å². The second kappa shape index (κ2) is 7.13. The van der Waals surface area contributed by atoms with E-state index >= 15 is 0 Å². The Labute approximate surface area is 144 Å². The number of ether oxygens (including phenoxy) is 1. The first kappa shape index (κ1) is 20.0. The molecule has 0 unspecified atom stereocenters. The largest absolute Gasteiger partial charge is 0.525 e. The third-order valence-corrected chi connectivity index (χ3v) is 4.33. The van der Waals surface area contributed by atoms with Crippen molar-refractivity contribution >= 4 is 12.7 Å². The standard InChI is InChI=1S/C16H21BF4O4/c1-14(2)15(3,4)25-17(24-14)13(18)11(12-6-5-8-23-12)7-9-22-10-16(19,20)21/h5-6,8H,7,9-10H2,1-4H3. The van der Waals surface area contributed by atoms with Gasteiger partial charge in [-0.25, -0.2) is 4.39 Å². The minimum Gasteiger partial charge on any atom is -0.465 e. The zero-order valence-corrected chi connectivity index (χ0v) is 14.6. The van der Waals surface area contributed by atoms with E-state index in [9.17, 15) is 17.6 Å². The Bertz CT molecular complexity index is 592. The molecule has 0 radical (unpaired) electrons. The molecule has 1 aliphatic rings. The summed E-state index contributed by atoms with van der Waals surface area (Å²) in [6, 6.07) is 3.08. The molecule has 1 fully saturated rings. The molecule has 9 heteroatoms. The predicted octanol–water partition coefficient (Wildman–Crippen LogP) is 4.56. The van der Waals surface area contributed by atoms with Crippen molar-refractivity contribution in [2.45, 2.75) is 51.5 Å². The highest BCUT2D eigenvalue weighted by atomic mass is 19.4. The molecule has 1 aromatic heterocycles. The fraction of sp³-hybridized carbons (Fsp3) is 0.625. The summed E-state index contributed by atoms with van der Waals surface area (Å²) >= 11 is 0. The molecule has 2 rings (SSSR count). The van der Waals surface area contributed by atoms with E-state index in [1.165, 1.54) is 12.3 Å². The fourth-order valence-corrected chi connectivity index (χ4v) is 2.26. The van der Waals surface area contributed by atoms with E-state index in [0.29, 0.717) is 0 Å². The van der Waals surface area contributed by atoms with Gasteiger partial charge in [0.2, 0.25) is 0 Å². The molecule has 0 aromatic carbocycles. The smallest absolute Gasteiger partial charge is 0.465 e. The number of halogens is 4. The lowest BCUT2D eigenvalue weighted by molar-refractivity contribution is -0.173. The zero-order chi connectivity index (χ0) is 18.9. The Balaban J connectivity index is 2.16. The van der Waals surface area contributed by atoms with Gasteiger partial charge >= 0.3 is 13.3 Å². The molecule has 1 aliphatic heterocycles. The minimum atomic E-state index is -4.43. The maximum atomic E-state index is 15.0. The zero-order valence-electron chi connectivity index (χ0n) is 14.6. The van der Waals surface area contributed by atoms with E-state index in [2.05, 4.69) is 4.74 Å². The van der Waals surface area contributed by atoms with Crippen LogP contribution in [0.4, 0.5) is 17.6 Å². The summed E-state index contributed by atoms with van der Waals surface area (Å²) in [5, 5.41) is 0. The lowest BCUT2D eigenvalue weighted by atomic mass is 9.83. The molecule has 2 heterocycles. The molecule has 0 aliphatic carbocycles. The second-order valence-corrected chi connectivity index (χ2v) is 6.81. The van der Waals surface area contributed by atoms with Crippen LogP contribution in [-0.2, 0) is 14.0 Å². The first-order valence-electron chi connectivity index (χ1n) is 7.85. The summed E-state index contributed by atoms with van der Waals surface area (Å²) < 4.78 is 72.5. The normalized spacial score (nSPS) is 20.7. The van der Waals surface area contributed by atoms with E-state index in [-0.39, 0.29) is 24.4 Å². The van der Waals surface area contributed by atoms with Gasteiger partial charge in [0.25, 0.3) is 0 Å². The van der Waals surface area contributed by atoms with Crippen LogP contribution in [-0.4, -0.2) is 37.7 Å². The molecule has 0 saturated carbocycles. The summed E-state index contributed by atoms with van der Waals surface area (Å²) in [4.78, 5) is 0. The first-order chi connectivity index (χ1) is 11.4. The van der Waals surface area contributed by atoms with Gasteiger partial charge in [-0.15, -0.1) is 0 Å². The van der Waals surface area contributed by atoms with Crippen molar-refractivity contribution in [1.29, 1.82) is 0 Å². The Morgan fingerprint density at radius 1 is 1.16 bits per heavy atom. The van der Waals surface area contributed by atoms with Crippen molar-refractivity contribution < 1.29 is 36.0 Å². The molecule has 0 amide bonds. The van der Waals surface area contributed by atoms with Gasteiger partial charge in [-0.1, -0.05) is 0 Å². The van der Waals surface area contributed by atoms with Crippen LogP contribution in [0.1, 0.15) is 39.9 Å². The van der Waals surface area contributed by atoms with Crippen molar-refractivity contribution in [2.75, 3.05) is 13.2 Å². The Hall–Kier alpha value is -1.32. The minimum absolute atomic E-state index is 0.0608. The monoisotopic (exact) mass is 364 g/mol. The van der Waals surface area contributed by atoms with Crippen molar-refractivity contribution in [3.05, 3.63) is 29.9 Å². The maximum Gasteiger partial charge on any atom is 0.525 e. The number of hydrogen-bond acceptors (Lipinski definition) is 4. The van der Waals surface area contributed by atoms with Crippen LogP contribution in [0.3, 0.4) is 0 Å². The number of rotatable bonds is 6. The molecular formula is C16H21BF4O4.